The van der Waals surface area contributed by atoms with Crippen LogP contribution < -0.4 is 9.47 Å². The molecule has 0 radical (unpaired) electrons. The number of Topliss-reactive ketones (excluding diaryl/α,β-unsaturated/α-hetero) is 2. The van der Waals surface area contributed by atoms with Crippen molar-refractivity contribution in [2.45, 2.75) is 104 Å². The van der Waals surface area contributed by atoms with E-state index in [0.717, 1.165) is 63.8 Å². The summed E-state index contributed by atoms with van der Waals surface area (Å²) in [5, 5.41) is 0.405. The Morgan fingerprint density at radius 1 is 0.864 bits per heavy atom. The van der Waals surface area contributed by atoms with E-state index in [1.54, 1.807) is 7.11 Å². The Bertz CT molecular complexity index is 1490. The van der Waals surface area contributed by atoms with Crippen molar-refractivity contribution in [2.24, 2.45) is 10.8 Å². The number of rotatable bonds is 6. The number of benzene rings is 2. The smallest absolute Gasteiger partial charge is 0.180 e. The predicted octanol–water partition coefficient (Wildman–Crippen LogP) is 9.71. The number of ketones is 2. The first-order valence-corrected chi connectivity index (χ1v) is 17.1. The summed E-state index contributed by atoms with van der Waals surface area (Å²) in [4.78, 5) is 31.0. The number of halogens is 2. The molecule has 234 valence electrons. The number of allylic oxidation sites excluding steroid dienone is 4. The van der Waals surface area contributed by atoms with Gasteiger partial charge in [0.05, 0.1) is 12.1 Å². The standard InChI is InChI=1S/C37H43BrClNO4/c1-36(2)17-27-33(29(41)19-36)32(34-28(18-37(3,4)20-30(34)42)40(27)25-9-7-6-8-10-25)23-15-26(39)35(31(16-23)43-5)44-21-22-11-13-24(38)14-12-22/h11-16,25,32H,6-10,17-21H2,1-5H3. The zero-order valence-corrected chi connectivity index (χ0v) is 28.9. The molecule has 5 nitrogen and oxygen atoms in total. The van der Waals surface area contributed by atoms with Crippen LogP contribution in [0.2, 0.25) is 5.02 Å². The molecule has 1 aliphatic heterocycles. The molecule has 44 heavy (non-hydrogen) atoms. The van der Waals surface area contributed by atoms with Crippen molar-refractivity contribution in [3.8, 4) is 11.5 Å². The Kier molecular flexibility index (Phi) is 8.55. The molecule has 1 fully saturated rings. The summed E-state index contributed by atoms with van der Waals surface area (Å²) in [6.07, 6.45) is 8.32. The van der Waals surface area contributed by atoms with E-state index in [1.165, 1.54) is 19.3 Å². The maximum atomic E-state index is 14.2. The molecule has 0 amide bonds. The highest BCUT2D eigenvalue weighted by Crippen LogP contribution is 2.56. The van der Waals surface area contributed by atoms with Crippen molar-refractivity contribution in [3.05, 3.63) is 79.6 Å². The van der Waals surface area contributed by atoms with Gasteiger partial charge in [-0.15, -0.1) is 0 Å². The highest BCUT2D eigenvalue weighted by molar-refractivity contribution is 9.10. The van der Waals surface area contributed by atoms with E-state index >= 15 is 0 Å². The fourth-order valence-electron chi connectivity index (χ4n) is 7.89. The quantitative estimate of drug-likeness (QED) is 0.304. The van der Waals surface area contributed by atoms with E-state index in [0.29, 0.717) is 42.0 Å². The molecular formula is C37H43BrClNO4. The normalized spacial score (nSPS) is 22.2. The van der Waals surface area contributed by atoms with E-state index < -0.39 is 5.92 Å². The second-order valence-corrected chi connectivity index (χ2v) is 16.0. The average molecular weight is 681 g/mol. The molecule has 2 aromatic rings. The van der Waals surface area contributed by atoms with Gasteiger partial charge in [-0.1, -0.05) is 86.6 Å². The summed E-state index contributed by atoms with van der Waals surface area (Å²) in [6, 6.07) is 12.1. The molecular weight excluding hydrogens is 638 g/mol. The molecule has 0 aromatic heterocycles. The molecule has 0 bridgehead atoms. The Balaban J connectivity index is 1.50. The minimum absolute atomic E-state index is 0.136. The number of hydrogen-bond acceptors (Lipinski definition) is 5. The van der Waals surface area contributed by atoms with Gasteiger partial charge in [0.15, 0.2) is 23.1 Å². The van der Waals surface area contributed by atoms with Gasteiger partial charge in [-0.05, 0) is 71.9 Å². The molecule has 0 unspecified atom stereocenters. The van der Waals surface area contributed by atoms with Crippen LogP contribution in [0.4, 0.5) is 0 Å². The summed E-state index contributed by atoms with van der Waals surface area (Å²) in [7, 11) is 1.60. The third kappa shape index (κ3) is 6.01. The molecule has 7 heteroatoms. The second-order valence-electron chi connectivity index (χ2n) is 14.6. The van der Waals surface area contributed by atoms with Gasteiger partial charge >= 0.3 is 0 Å². The van der Waals surface area contributed by atoms with Crippen molar-refractivity contribution in [1.29, 1.82) is 0 Å². The number of carbonyl (C=O) groups is 2. The van der Waals surface area contributed by atoms with Crippen molar-refractivity contribution in [1.82, 2.24) is 4.90 Å². The van der Waals surface area contributed by atoms with Gasteiger partial charge in [0, 0.05) is 51.8 Å². The summed E-state index contributed by atoms with van der Waals surface area (Å²) < 4.78 is 13.0. The van der Waals surface area contributed by atoms with Gasteiger partial charge in [-0.25, -0.2) is 0 Å². The van der Waals surface area contributed by atoms with Crippen LogP contribution in [0.5, 0.6) is 11.5 Å². The van der Waals surface area contributed by atoms with E-state index in [2.05, 4.69) is 48.5 Å². The van der Waals surface area contributed by atoms with Gasteiger partial charge in [0.25, 0.3) is 0 Å². The highest BCUT2D eigenvalue weighted by Gasteiger charge is 2.50. The zero-order valence-electron chi connectivity index (χ0n) is 26.5. The van der Waals surface area contributed by atoms with Crippen molar-refractivity contribution in [2.75, 3.05) is 7.11 Å². The first-order valence-electron chi connectivity index (χ1n) is 15.9. The Hall–Kier alpha value is -2.57. The fraction of sp³-hybridized carbons (Fsp3) is 0.514. The summed E-state index contributed by atoms with van der Waals surface area (Å²) >= 11 is 10.4. The number of nitrogens with zero attached hydrogens (tertiary/aromatic N) is 1. The highest BCUT2D eigenvalue weighted by atomic mass is 79.9. The third-order valence-corrected chi connectivity index (χ3v) is 10.6. The van der Waals surface area contributed by atoms with E-state index in [-0.39, 0.29) is 22.4 Å². The van der Waals surface area contributed by atoms with Crippen LogP contribution in [0.1, 0.15) is 103 Å². The molecule has 0 saturated heterocycles. The lowest BCUT2D eigenvalue weighted by Gasteiger charge is -2.52. The lowest BCUT2D eigenvalue weighted by molar-refractivity contribution is -0.119. The van der Waals surface area contributed by atoms with Gasteiger partial charge in [-0.3, -0.25) is 9.59 Å². The molecule has 1 heterocycles. The molecule has 2 aromatic carbocycles. The Morgan fingerprint density at radius 2 is 1.43 bits per heavy atom. The van der Waals surface area contributed by atoms with Gasteiger partial charge in [0.1, 0.15) is 6.61 Å². The monoisotopic (exact) mass is 679 g/mol. The van der Waals surface area contributed by atoms with Crippen LogP contribution in [0.3, 0.4) is 0 Å². The van der Waals surface area contributed by atoms with Crippen LogP contribution >= 0.6 is 27.5 Å². The molecule has 3 aliphatic carbocycles. The molecule has 0 spiro atoms. The number of carbonyl (C=O) groups excluding carboxylic acids is 2. The Labute approximate surface area is 275 Å². The largest absolute Gasteiger partial charge is 0.493 e. The van der Waals surface area contributed by atoms with Gasteiger partial charge in [0.2, 0.25) is 0 Å². The maximum Gasteiger partial charge on any atom is 0.180 e. The third-order valence-electron chi connectivity index (χ3n) is 9.77. The van der Waals surface area contributed by atoms with E-state index in [1.807, 2.05) is 36.4 Å². The molecule has 0 N–H and O–H groups in total. The number of ether oxygens (including phenoxy) is 2. The van der Waals surface area contributed by atoms with E-state index in [4.69, 9.17) is 21.1 Å². The lowest BCUT2D eigenvalue weighted by atomic mass is 9.63. The van der Waals surface area contributed by atoms with Crippen molar-refractivity contribution < 1.29 is 19.1 Å². The molecule has 1 saturated carbocycles. The van der Waals surface area contributed by atoms with Crippen LogP contribution in [0.15, 0.2) is 63.4 Å². The predicted molar refractivity (Wildman–Crippen MR) is 178 cm³/mol. The molecule has 4 aliphatic rings. The SMILES string of the molecule is COc1cc(C2C3=C(CC(C)(C)CC3=O)N(C3CCCCC3)C3=C2C(=O)CC(C)(C)C3)cc(Cl)c1OCc1ccc(Br)cc1. The van der Waals surface area contributed by atoms with Crippen LogP contribution in [0, 0.1) is 10.8 Å². The van der Waals surface area contributed by atoms with Crippen molar-refractivity contribution >= 4 is 39.1 Å². The fourth-order valence-corrected chi connectivity index (χ4v) is 8.43. The van der Waals surface area contributed by atoms with Crippen LogP contribution in [0.25, 0.3) is 0 Å². The van der Waals surface area contributed by atoms with Crippen molar-refractivity contribution in [3.63, 3.8) is 0 Å². The van der Waals surface area contributed by atoms with Crippen LogP contribution in [-0.4, -0.2) is 29.6 Å². The average Bonchev–Trinajstić information content (AvgIpc) is 2.95. The minimum atomic E-state index is -0.473. The van der Waals surface area contributed by atoms with E-state index in [9.17, 15) is 9.59 Å². The maximum absolute atomic E-state index is 14.2. The topological polar surface area (TPSA) is 55.8 Å². The number of methoxy groups -OCH3 is 1. The lowest BCUT2D eigenvalue weighted by Crippen LogP contribution is -2.48. The Morgan fingerprint density at radius 3 is 1.98 bits per heavy atom. The summed E-state index contributed by atoms with van der Waals surface area (Å²) in [5.74, 6) is 0.750. The number of hydrogen-bond donors (Lipinski definition) is 0. The zero-order chi connectivity index (χ0) is 31.4. The summed E-state index contributed by atoms with van der Waals surface area (Å²) in [5.41, 5.74) is 5.32. The summed E-state index contributed by atoms with van der Waals surface area (Å²) in [6.45, 7) is 9.11. The first kappa shape index (κ1) is 31.4. The molecule has 0 atom stereocenters. The second kappa shape index (κ2) is 12.0. The van der Waals surface area contributed by atoms with Gasteiger partial charge < -0.3 is 14.4 Å². The molecule has 6 rings (SSSR count). The van der Waals surface area contributed by atoms with Crippen LogP contribution in [-0.2, 0) is 16.2 Å². The minimum Gasteiger partial charge on any atom is -0.493 e. The first-order chi connectivity index (χ1) is 20.9. The van der Waals surface area contributed by atoms with Gasteiger partial charge in [-0.2, -0.15) is 0 Å².